The van der Waals surface area contributed by atoms with E-state index in [0.717, 1.165) is 43.6 Å². The van der Waals surface area contributed by atoms with Crippen molar-refractivity contribution in [1.29, 1.82) is 0 Å². The zero-order chi connectivity index (χ0) is 13.0. The van der Waals surface area contributed by atoms with Crippen LogP contribution in [-0.4, -0.2) is 17.6 Å². The number of hydrogen-bond donors (Lipinski definition) is 2. The summed E-state index contributed by atoms with van der Waals surface area (Å²) < 4.78 is 5.61. The minimum absolute atomic E-state index is 0.239. The van der Waals surface area contributed by atoms with Crippen LogP contribution < -0.4 is 10.5 Å². The Morgan fingerprint density at radius 1 is 1.39 bits per heavy atom. The van der Waals surface area contributed by atoms with Crippen molar-refractivity contribution >= 4 is 5.84 Å². The third-order valence-electron chi connectivity index (χ3n) is 3.52. The Kier molecular flexibility index (Phi) is 3.75. The van der Waals surface area contributed by atoms with Crippen molar-refractivity contribution in [2.75, 3.05) is 6.61 Å². The van der Waals surface area contributed by atoms with Crippen molar-refractivity contribution in [1.82, 2.24) is 0 Å². The highest BCUT2D eigenvalue weighted by atomic mass is 16.5. The first-order valence-electron chi connectivity index (χ1n) is 6.44. The molecule has 1 saturated carbocycles. The Balaban J connectivity index is 2.04. The van der Waals surface area contributed by atoms with Crippen LogP contribution in [0.2, 0.25) is 0 Å². The first kappa shape index (κ1) is 12.7. The maximum Gasteiger partial charge on any atom is 0.149 e. The molecule has 98 valence electrons. The molecule has 0 radical (unpaired) electrons. The van der Waals surface area contributed by atoms with Gasteiger partial charge >= 0.3 is 0 Å². The van der Waals surface area contributed by atoms with E-state index in [1.807, 2.05) is 24.3 Å². The van der Waals surface area contributed by atoms with Gasteiger partial charge in [-0.3, -0.25) is 0 Å². The molecule has 0 bridgehead atoms. The van der Waals surface area contributed by atoms with Crippen LogP contribution in [0.3, 0.4) is 0 Å². The number of oxime groups is 1. The molecule has 0 aromatic heterocycles. The van der Waals surface area contributed by atoms with Crippen LogP contribution in [0.5, 0.6) is 5.75 Å². The van der Waals surface area contributed by atoms with Crippen molar-refractivity contribution in [3.05, 3.63) is 29.8 Å². The second kappa shape index (κ2) is 5.29. The number of unbranched alkanes of at least 4 members (excludes halogenated alkanes) is 1. The molecule has 18 heavy (non-hydrogen) atoms. The average molecular weight is 248 g/mol. The van der Waals surface area contributed by atoms with Crippen LogP contribution in [0.1, 0.15) is 38.2 Å². The molecule has 0 spiro atoms. The van der Waals surface area contributed by atoms with Gasteiger partial charge in [0.05, 0.1) is 12.0 Å². The van der Waals surface area contributed by atoms with E-state index in [2.05, 4.69) is 12.1 Å². The lowest BCUT2D eigenvalue weighted by atomic mass is 9.95. The van der Waals surface area contributed by atoms with E-state index < -0.39 is 0 Å². The zero-order valence-electron chi connectivity index (χ0n) is 10.7. The van der Waals surface area contributed by atoms with E-state index in [9.17, 15) is 0 Å². The van der Waals surface area contributed by atoms with Gasteiger partial charge in [0, 0.05) is 0 Å². The van der Waals surface area contributed by atoms with Crippen LogP contribution in [0.15, 0.2) is 29.4 Å². The van der Waals surface area contributed by atoms with Gasteiger partial charge in [-0.05, 0) is 37.0 Å². The van der Waals surface area contributed by atoms with Gasteiger partial charge in [0.1, 0.15) is 11.6 Å². The first-order valence-corrected chi connectivity index (χ1v) is 6.44. The number of nitrogens with zero attached hydrogens (tertiary/aromatic N) is 1. The summed E-state index contributed by atoms with van der Waals surface area (Å²) in [6.07, 6.45) is 4.08. The van der Waals surface area contributed by atoms with Gasteiger partial charge in [-0.15, -0.1) is 0 Å². The van der Waals surface area contributed by atoms with Gasteiger partial charge in [0.25, 0.3) is 0 Å². The second-order valence-corrected chi connectivity index (χ2v) is 4.79. The standard InChI is InChI=1S/C14H20N2O2/c1-2-3-10-18-12-6-4-11(5-7-12)14(8-9-14)13(15)16-17/h4-7,17H,2-3,8-10H2,1H3,(H2,15,16). The van der Waals surface area contributed by atoms with Crippen molar-refractivity contribution in [3.8, 4) is 5.75 Å². The van der Waals surface area contributed by atoms with Crippen molar-refractivity contribution in [2.24, 2.45) is 10.9 Å². The van der Waals surface area contributed by atoms with Gasteiger partial charge < -0.3 is 15.7 Å². The summed E-state index contributed by atoms with van der Waals surface area (Å²) >= 11 is 0. The quantitative estimate of drug-likeness (QED) is 0.267. The minimum Gasteiger partial charge on any atom is -0.494 e. The van der Waals surface area contributed by atoms with Crippen LogP contribution in [0.25, 0.3) is 0 Å². The minimum atomic E-state index is -0.239. The molecule has 1 aliphatic carbocycles. The fraction of sp³-hybridized carbons (Fsp3) is 0.500. The molecular weight excluding hydrogens is 228 g/mol. The molecule has 0 aliphatic heterocycles. The summed E-state index contributed by atoms with van der Waals surface area (Å²) in [5.41, 5.74) is 6.61. The highest BCUT2D eigenvalue weighted by molar-refractivity contribution is 5.94. The lowest BCUT2D eigenvalue weighted by Crippen LogP contribution is -2.28. The Morgan fingerprint density at radius 3 is 2.56 bits per heavy atom. The van der Waals surface area contributed by atoms with Gasteiger partial charge in [-0.25, -0.2) is 0 Å². The highest BCUT2D eigenvalue weighted by Gasteiger charge is 2.48. The Bertz CT molecular complexity index is 422. The lowest BCUT2D eigenvalue weighted by Gasteiger charge is -2.14. The average Bonchev–Trinajstić information content (AvgIpc) is 3.20. The van der Waals surface area contributed by atoms with E-state index in [1.54, 1.807) is 0 Å². The van der Waals surface area contributed by atoms with E-state index in [1.165, 1.54) is 0 Å². The number of nitrogens with two attached hydrogens (primary N) is 1. The van der Waals surface area contributed by atoms with Gasteiger partial charge in [-0.2, -0.15) is 0 Å². The molecule has 0 heterocycles. The molecule has 0 unspecified atom stereocenters. The predicted octanol–water partition coefficient (Wildman–Crippen LogP) is 2.64. The molecule has 0 saturated heterocycles. The largest absolute Gasteiger partial charge is 0.494 e. The summed E-state index contributed by atoms with van der Waals surface area (Å²) in [7, 11) is 0. The third-order valence-corrected chi connectivity index (χ3v) is 3.52. The van der Waals surface area contributed by atoms with Crippen LogP contribution in [0.4, 0.5) is 0 Å². The Hall–Kier alpha value is -1.71. The maximum absolute atomic E-state index is 8.81. The maximum atomic E-state index is 8.81. The summed E-state index contributed by atoms with van der Waals surface area (Å²) in [6, 6.07) is 7.92. The molecular formula is C14H20N2O2. The third kappa shape index (κ3) is 2.42. The number of hydrogen-bond acceptors (Lipinski definition) is 3. The molecule has 3 N–H and O–H groups in total. The highest BCUT2D eigenvalue weighted by Crippen LogP contribution is 2.48. The zero-order valence-corrected chi connectivity index (χ0v) is 10.7. The Morgan fingerprint density at radius 2 is 2.06 bits per heavy atom. The van der Waals surface area contributed by atoms with Crippen LogP contribution >= 0.6 is 0 Å². The fourth-order valence-corrected chi connectivity index (χ4v) is 2.12. The number of benzene rings is 1. The lowest BCUT2D eigenvalue weighted by molar-refractivity contribution is 0.309. The molecule has 0 atom stereocenters. The number of rotatable bonds is 6. The van der Waals surface area contributed by atoms with E-state index in [4.69, 9.17) is 15.7 Å². The van der Waals surface area contributed by atoms with Crippen molar-refractivity contribution in [2.45, 2.75) is 38.0 Å². The summed E-state index contributed by atoms with van der Waals surface area (Å²) in [5.74, 6) is 1.18. The van der Waals surface area contributed by atoms with E-state index in [0.29, 0.717) is 5.84 Å². The molecule has 4 heteroatoms. The smallest absolute Gasteiger partial charge is 0.149 e. The first-order chi connectivity index (χ1) is 8.73. The SMILES string of the molecule is CCCCOc1ccc(C2(/C(N)=N/O)CC2)cc1. The van der Waals surface area contributed by atoms with Crippen LogP contribution in [-0.2, 0) is 5.41 Å². The molecule has 1 aromatic carbocycles. The Labute approximate surface area is 107 Å². The van der Waals surface area contributed by atoms with Crippen molar-refractivity contribution in [3.63, 3.8) is 0 Å². The normalized spacial score (nSPS) is 17.5. The van der Waals surface area contributed by atoms with Gasteiger partial charge in [-0.1, -0.05) is 30.6 Å². The molecule has 2 rings (SSSR count). The molecule has 1 fully saturated rings. The molecule has 4 nitrogen and oxygen atoms in total. The number of amidine groups is 1. The fourth-order valence-electron chi connectivity index (χ4n) is 2.12. The molecule has 1 aromatic rings. The van der Waals surface area contributed by atoms with E-state index in [-0.39, 0.29) is 5.41 Å². The monoisotopic (exact) mass is 248 g/mol. The van der Waals surface area contributed by atoms with E-state index >= 15 is 0 Å². The summed E-state index contributed by atoms with van der Waals surface area (Å²) in [6.45, 7) is 2.89. The second-order valence-electron chi connectivity index (χ2n) is 4.79. The van der Waals surface area contributed by atoms with Gasteiger partial charge in [0.2, 0.25) is 0 Å². The molecule has 1 aliphatic rings. The van der Waals surface area contributed by atoms with Crippen LogP contribution in [0, 0.1) is 0 Å². The predicted molar refractivity (Wildman–Crippen MR) is 71.2 cm³/mol. The van der Waals surface area contributed by atoms with Crippen molar-refractivity contribution < 1.29 is 9.94 Å². The molecule has 0 amide bonds. The van der Waals surface area contributed by atoms with Gasteiger partial charge in [0.15, 0.2) is 0 Å². The topological polar surface area (TPSA) is 67.8 Å². The summed E-state index contributed by atoms with van der Waals surface area (Å²) in [4.78, 5) is 0. The number of ether oxygens (including phenoxy) is 1. The summed E-state index contributed by atoms with van der Waals surface area (Å²) in [5, 5.41) is 12.0.